The van der Waals surface area contributed by atoms with Gasteiger partial charge in [-0.1, -0.05) is 0 Å². The summed E-state index contributed by atoms with van der Waals surface area (Å²) < 4.78 is 31.5. The molecule has 0 aromatic rings. The average molecular weight is 238 g/mol. The number of rotatable bonds is 3. The fourth-order valence-electron chi connectivity index (χ4n) is 1.70. The lowest BCUT2D eigenvalue weighted by Crippen LogP contribution is -2.28. The largest absolute Gasteiger partial charge is 0.469 e. The SMILES string of the molecule is COC(=O)CCC1CCSCCC1(F)F. The van der Waals surface area contributed by atoms with Gasteiger partial charge >= 0.3 is 5.97 Å². The van der Waals surface area contributed by atoms with Crippen molar-refractivity contribution in [3.05, 3.63) is 0 Å². The Morgan fingerprint density at radius 1 is 1.53 bits per heavy atom. The molecule has 1 heterocycles. The summed E-state index contributed by atoms with van der Waals surface area (Å²) in [5.74, 6) is -2.39. The van der Waals surface area contributed by atoms with Crippen LogP contribution in [0.3, 0.4) is 0 Å². The molecule has 15 heavy (non-hydrogen) atoms. The number of ether oxygens (including phenoxy) is 1. The van der Waals surface area contributed by atoms with Gasteiger partial charge < -0.3 is 4.74 Å². The predicted molar refractivity (Wildman–Crippen MR) is 56.2 cm³/mol. The van der Waals surface area contributed by atoms with Crippen LogP contribution in [0.5, 0.6) is 0 Å². The molecule has 0 spiro atoms. The van der Waals surface area contributed by atoms with E-state index < -0.39 is 17.8 Å². The number of hydrogen-bond acceptors (Lipinski definition) is 3. The summed E-state index contributed by atoms with van der Waals surface area (Å²) in [7, 11) is 1.28. The van der Waals surface area contributed by atoms with E-state index in [0.29, 0.717) is 12.2 Å². The Bertz CT molecular complexity index is 221. The summed E-state index contributed by atoms with van der Waals surface area (Å²) in [5, 5.41) is 0. The smallest absolute Gasteiger partial charge is 0.305 e. The lowest BCUT2D eigenvalue weighted by molar-refractivity contribution is -0.141. The highest BCUT2D eigenvalue weighted by molar-refractivity contribution is 7.99. The minimum absolute atomic E-state index is 0.0660. The zero-order valence-electron chi connectivity index (χ0n) is 8.80. The quantitative estimate of drug-likeness (QED) is 0.707. The number of hydrogen-bond donors (Lipinski definition) is 0. The van der Waals surface area contributed by atoms with Crippen LogP contribution in [-0.2, 0) is 9.53 Å². The van der Waals surface area contributed by atoms with Gasteiger partial charge in [-0.15, -0.1) is 0 Å². The van der Waals surface area contributed by atoms with Crippen molar-refractivity contribution in [3.63, 3.8) is 0 Å². The lowest BCUT2D eigenvalue weighted by atomic mass is 9.91. The molecule has 0 N–H and O–H groups in total. The summed E-state index contributed by atoms with van der Waals surface area (Å²) in [4.78, 5) is 10.9. The van der Waals surface area contributed by atoms with Crippen molar-refractivity contribution in [2.75, 3.05) is 18.6 Å². The van der Waals surface area contributed by atoms with E-state index in [0.717, 1.165) is 5.75 Å². The number of carbonyl (C=O) groups is 1. The third kappa shape index (κ3) is 3.97. The Labute approximate surface area is 92.7 Å². The van der Waals surface area contributed by atoms with E-state index in [-0.39, 0.29) is 19.3 Å². The molecule has 1 aliphatic rings. The predicted octanol–water partition coefficient (Wildman–Crippen LogP) is 2.72. The molecule has 1 fully saturated rings. The van der Waals surface area contributed by atoms with E-state index in [4.69, 9.17) is 0 Å². The second-order valence-electron chi connectivity index (χ2n) is 3.72. The highest BCUT2D eigenvalue weighted by Gasteiger charge is 2.39. The van der Waals surface area contributed by atoms with E-state index in [9.17, 15) is 13.6 Å². The molecule has 0 aliphatic carbocycles. The van der Waals surface area contributed by atoms with Gasteiger partial charge in [-0.2, -0.15) is 11.8 Å². The second kappa shape index (κ2) is 5.68. The van der Waals surface area contributed by atoms with Crippen molar-refractivity contribution in [1.29, 1.82) is 0 Å². The Balaban J connectivity index is 2.45. The summed E-state index contributed by atoms with van der Waals surface area (Å²) in [6.07, 6.45) is 0.764. The number of esters is 1. The average Bonchev–Trinajstić information content (AvgIpc) is 2.36. The van der Waals surface area contributed by atoms with Crippen LogP contribution in [0.1, 0.15) is 25.7 Å². The van der Waals surface area contributed by atoms with Crippen LogP contribution < -0.4 is 0 Å². The molecule has 1 atom stereocenters. The molecular formula is C10H16F2O2S. The fraction of sp³-hybridized carbons (Fsp3) is 0.900. The maximum Gasteiger partial charge on any atom is 0.305 e. The Morgan fingerprint density at radius 3 is 2.93 bits per heavy atom. The Morgan fingerprint density at radius 2 is 2.27 bits per heavy atom. The van der Waals surface area contributed by atoms with Crippen molar-refractivity contribution in [3.8, 4) is 0 Å². The fourth-order valence-corrected chi connectivity index (χ4v) is 2.77. The van der Waals surface area contributed by atoms with Gasteiger partial charge in [0.15, 0.2) is 0 Å². The van der Waals surface area contributed by atoms with Crippen molar-refractivity contribution >= 4 is 17.7 Å². The number of thioether (sulfide) groups is 1. The molecule has 2 nitrogen and oxygen atoms in total. The summed E-state index contributed by atoms with van der Waals surface area (Å²) in [6, 6.07) is 0. The van der Waals surface area contributed by atoms with Crippen molar-refractivity contribution in [1.82, 2.24) is 0 Å². The number of methoxy groups -OCH3 is 1. The van der Waals surface area contributed by atoms with Crippen LogP contribution in [0.2, 0.25) is 0 Å². The van der Waals surface area contributed by atoms with Crippen LogP contribution in [0.25, 0.3) is 0 Å². The van der Waals surface area contributed by atoms with Gasteiger partial charge in [0.25, 0.3) is 5.92 Å². The van der Waals surface area contributed by atoms with Crippen molar-refractivity contribution in [2.45, 2.75) is 31.6 Å². The second-order valence-corrected chi connectivity index (χ2v) is 4.95. The monoisotopic (exact) mass is 238 g/mol. The molecule has 0 aromatic carbocycles. The molecular weight excluding hydrogens is 222 g/mol. The number of alkyl halides is 2. The maximum absolute atomic E-state index is 13.5. The van der Waals surface area contributed by atoms with Crippen LogP contribution in [0, 0.1) is 5.92 Å². The molecule has 1 aliphatic heterocycles. The van der Waals surface area contributed by atoms with Gasteiger partial charge in [-0.3, -0.25) is 4.79 Å². The first kappa shape index (κ1) is 12.7. The first-order chi connectivity index (χ1) is 7.06. The maximum atomic E-state index is 13.5. The minimum atomic E-state index is -2.61. The summed E-state index contributed by atoms with van der Waals surface area (Å²) >= 11 is 1.57. The normalized spacial score (nSPS) is 25.7. The van der Waals surface area contributed by atoms with Gasteiger partial charge in [0.2, 0.25) is 0 Å². The molecule has 0 amide bonds. The Kier molecular flexibility index (Phi) is 4.83. The van der Waals surface area contributed by atoms with Crippen molar-refractivity contribution < 1.29 is 18.3 Å². The van der Waals surface area contributed by atoms with Crippen LogP contribution >= 0.6 is 11.8 Å². The van der Waals surface area contributed by atoms with Gasteiger partial charge in [0.1, 0.15) is 0 Å². The summed E-state index contributed by atoms with van der Waals surface area (Å²) in [6.45, 7) is 0. The third-order valence-electron chi connectivity index (χ3n) is 2.71. The van der Waals surface area contributed by atoms with Crippen molar-refractivity contribution in [2.24, 2.45) is 5.92 Å². The molecule has 5 heteroatoms. The standard InChI is InChI=1S/C10H16F2O2S/c1-14-9(13)3-2-8-4-6-15-7-5-10(8,11)12/h8H,2-7H2,1H3. The highest BCUT2D eigenvalue weighted by Crippen LogP contribution is 2.38. The number of halogens is 2. The topological polar surface area (TPSA) is 26.3 Å². The van der Waals surface area contributed by atoms with E-state index in [1.807, 2.05) is 0 Å². The first-order valence-electron chi connectivity index (χ1n) is 5.08. The molecule has 88 valence electrons. The van der Waals surface area contributed by atoms with Gasteiger partial charge in [-0.25, -0.2) is 8.78 Å². The first-order valence-corrected chi connectivity index (χ1v) is 6.24. The molecule has 1 saturated heterocycles. The zero-order chi connectivity index (χ0) is 11.3. The minimum Gasteiger partial charge on any atom is -0.469 e. The van der Waals surface area contributed by atoms with Gasteiger partial charge in [0.05, 0.1) is 7.11 Å². The van der Waals surface area contributed by atoms with E-state index in [2.05, 4.69) is 4.74 Å². The molecule has 1 unspecified atom stereocenters. The Hall–Kier alpha value is -0.320. The molecule has 0 radical (unpaired) electrons. The lowest BCUT2D eigenvalue weighted by Gasteiger charge is -2.23. The number of carbonyl (C=O) groups excluding carboxylic acids is 1. The molecule has 0 bridgehead atoms. The van der Waals surface area contributed by atoms with Gasteiger partial charge in [0, 0.05) is 18.8 Å². The third-order valence-corrected chi connectivity index (χ3v) is 3.73. The van der Waals surface area contributed by atoms with Gasteiger partial charge in [-0.05, 0) is 24.3 Å². The van der Waals surface area contributed by atoms with Crippen LogP contribution in [0.4, 0.5) is 8.78 Å². The molecule has 0 saturated carbocycles. The van der Waals surface area contributed by atoms with Crippen LogP contribution in [0.15, 0.2) is 0 Å². The zero-order valence-corrected chi connectivity index (χ0v) is 9.62. The summed E-state index contributed by atoms with van der Waals surface area (Å²) in [5.41, 5.74) is 0. The van der Waals surface area contributed by atoms with E-state index in [1.54, 1.807) is 11.8 Å². The van der Waals surface area contributed by atoms with Crippen LogP contribution in [-0.4, -0.2) is 30.5 Å². The molecule has 1 rings (SSSR count). The van der Waals surface area contributed by atoms with E-state index >= 15 is 0 Å². The highest BCUT2D eigenvalue weighted by atomic mass is 32.2. The van der Waals surface area contributed by atoms with E-state index in [1.165, 1.54) is 7.11 Å². The molecule has 0 aromatic heterocycles.